The van der Waals surface area contributed by atoms with E-state index in [9.17, 15) is 18.4 Å². The molecule has 150 valence electrons. The maximum Gasteiger partial charge on any atom is 0.254 e. The number of amides is 2. The minimum Gasteiger partial charge on any atom is -0.352 e. The molecule has 0 aliphatic carbocycles. The van der Waals surface area contributed by atoms with Gasteiger partial charge in [-0.3, -0.25) is 9.59 Å². The maximum absolute atomic E-state index is 13.6. The molecule has 0 heterocycles. The van der Waals surface area contributed by atoms with E-state index in [2.05, 4.69) is 5.32 Å². The molecule has 2 aromatic rings. The van der Waals surface area contributed by atoms with Crippen molar-refractivity contribution in [2.45, 2.75) is 25.8 Å². The summed E-state index contributed by atoms with van der Waals surface area (Å²) in [4.78, 5) is 26.2. The Morgan fingerprint density at radius 3 is 2.46 bits per heavy atom. The van der Waals surface area contributed by atoms with Crippen LogP contribution >= 0.6 is 0 Å². The molecule has 0 saturated carbocycles. The standard InChI is InChI=1S/C21H25F2N3O2/c22-17-9-10-18(19(23)14-17)21(28)25-12-4-8-20(27)26(13-5-11-24)15-16-6-2-1-3-7-16/h1-3,6-7,9-10,14H,4-5,8,11-13,15,24H2,(H,25,28). The van der Waals surface area contributed by atoms with E-state index in [1.807, 2.05) is 30.3 Å². The van der Waals surface area contributed by atoms with Gasteiger partial charge in [0, 0.05) is 32.1 Å². The molecule has 7 heteroatoms. The van der Waals surface area contributed by atoms with Crippen molar-refractivity contribution in [3.63, 3.8) is 0 Å². The number of nitrogens with zero attached hydrogens (tertiary/aromatic N) is 1. The van der Waals surface area contributed by atoms with E-state index >= 15 is 0 Å². The molecule has 28 heavy (non-hydrogen) atoms. The predicted octanol–water partition coefficient (Wildman–Crippen LogP) is 2.85. The van der Waals surface area contributed by atoms with Crippen LogP contribution in [0.5, 0.6) is 0 Å². The highest BCUT2D eigenvalue weighted by Gasteiger charge is 2.15. The fraction of sp³-hybridized carbons (Fsp3) is 0.333. The van der Waals surface area contributed by atoms with Gasteiger partial charge in [0.25, 0.3) is 5.91 Å². The number of hydrogen-bond donors (Lipinski definition) is 2. The Morgan fingerprint density at radius 1 is 1.04 bits per heavy atom. The van der Waals surface area contributed by atoms with Gasteiger partial charge in [0.05, 0.1) is 5.56 Å². The minimum absolute atomic E-state index is 0.0282. The monoisotopic (exact) mass is 389 g/mol. The zero-order chi connectivity index (χ0) is 20.4. The molecule has 2 amide bonds. The molecular formula is C21H25F2N3O2. The summed E-state index contributed by atoms with van der Waals surface area (Å²) in [7, 11) is 0. The van der Waals surface area contributed by atoms with Gasteiger partial charge in [-0.05, 0) is 37.1 Å². The Morgan fingerprint density at radius 2 is 1.79 bits per heavy atom. The molecule has 0 fully saturated rings. The third-order valence-electron chi connectivity index (χ3n) is 4.23. The van der Waals surface area contributed by atoms with Crippen LogP contribution in [0, 0.1) is 11.6 Å². The van der Waals surface area contributed by atoms with Gasteiger partial charge in [-0.25, -0.2) is 8.78 Å². The lowest BCUT2D eigenvalue weighted by Gasteiger charge is -2.23. The lowest BCUT2D eigenvalue weighted by molar-refractivity contribution is -0.132. The van der Waals surface area contributed by atoms with Crippen molar-refractivity contribution in [3.8, 4) is 0 Å². The largest absolute Gasteiger partial charge is 0.352 e. The number of benzene rings is 2. The summed E-state index contributed by atoms with van der Waals surface area (Å²) in [6, 6.07) is 12.5. The second-order valence-corrected chi connectivity index (χ2v) is 6.43. The number of halogens is 2. The van der Waals surface area contributed by atoms with E-state index in [0.29, 0.717) is 38.5 Å². The Kier molecular flexibility index (Phi) is 8.55. The highest BCUT2D eigenvalue weighted by molar-refractivity contribution is 5.94. The first-order valence-electron chi connectivity index (χ1n) is 9.26. The van der Waals surface area contributed by atoms with Crippen LogP contribution in [0.4, 0.5) is 8.78 Å². The zero-order valence-electron chi connectivity index (χ0n) is 15.7. The van der Waals surface area contributed by atoms with Gasteiger partial charge in [0.1, 0.15) is 11.6 Å². The fourth-order valence-corrected chi connectivity index (χ4v) is 2.75. The average Bonchev–Trinajstić information content (AvgIpc) is 2.68. The van der Waals surface area contributed by atoms with Crippen molar-refractivity contribution >= 4 is 11.8 Å². The predicted molar refractivity (Wildman–Crippen MR) is 103 cm³/mol. The van der Waals surface area contributed by atoms with Gasteiger partial charge in [-0.2, -0.15) is 0 Å². The van der Waals surface area contributed by atoms with Crippen molar-refractivity contribution in [3.05, 3.63) is 71.3 Å². The number of carbonyl (C=O) groups is 2. The van der Waals surface area contributed by atoms with Gasteiger partial charge in [0.2, 0.25) is 5.91 Å². The van der Waals surface area contributed by atoms with E-state index in [-0.39, 0.29) is 24.4 Å². The summed E-state index contributed by atoms with van der Waals surface area (Å²) >= 11 is 0. The smallest absolute Gasteiger partial charge is 0.254 e. The van der Waals surface area contributed by atoms with Gasteiger partial charge in [0.15, 0.2) is 0 Å². The second kappa shape index (κ2) is 11.1. The van der Waals surface area contributed by atoms with Gasteiger partial charge >= 0.3 is 0 Å². The normalized spacial score (nSPS) is 10.5. The van der Waals surface area contributed by atoms with Crippen molar-refractivity contribution in [2.24, 2.45) is 5.73 Å². The highest BCUT2D eigenvalue weighted by atomic mass is 19.1. The van der Waals surface area contributed by atoms with E-state index in [1.165, 1.54) is 0 Å². The topological polar surface area (TPSA) is 75.4 Å². The zero-order valence-corrected chi connectivity index (χ0v) is 15.7. The summed E-state index contributed by atoms with van der Waals surface area (Å²) in [5.74, 6) is -2.31. The van der Waals surface area contributed by atoms with E-state index in [4.69, 9.17) is 5.73 Å². The molecule has 0 unspecified atom stereocenters. The third kappa shape index (κ3) is 6.74. The first kappa shape index (κ1) is 21.5. The molecule has 0 aliphatic rings. The summed E-state index contributed by atoms with van der Waals surface area (Å²) in [6.45, 7) is 1.79. The number of rotatable bonds is 10. The van der Waals surface area contributed by atoms with Crippen molar-refractivity contribution in [1.82, 2.24) is 10.2 Å². The lowest BCUT2D eigenvalue weighted by atomic mass is 10.1. The summed E-state index contributed by atoms with van der Waals surface area (Å²) in [5, 5.41) is 2.55. The molecule has 0 aliphatic heterocycles. The summed E-state index contributed by atoms with van der Waals surface area (Å²) in [5.41, 5.74) is 6.38. The molecule has 3 N–H and O–H groups in total. The first-order chi connectivity index (χ1) is 13.5. The molecule has 5 nitrogen and oxygen atoms in total. The van der Waals surface area contributed by atoms with Crippen molar-refractivity contribution < 1.29 is 18.4 Å². The van der Waals surface area contributed by atoms with Crippen LogP contribution in [0.2, 0.25) is 0 Å². The SMILES string of the molecule is NCCCN(Cc1ccccc1)C(=O)CCCNC(=O)c1ccc(F)cc1F. The molecule has 2 rings (SSSR count). The molecule has 0 bridgehead atoms. The Labute approximate surface area is 163 Å². The molecule has 0 aromatic heterocycles. The quantitative estimate of drug-likeness (QED) is 0.614. The summed E-state index contributed by atoms with van der Waals surface area (Å²) < 4.78 is 26.5. The minimum atomic E-state index is -0.913. The maximum atomic E-state index is 13.6. The first-order valence-corrected chi connectivity index (χ1v) is 9.26. The van der Waals surface area contributed by atoms with E-state index in [0.717, 1.165) is 17.7 Å². The van der Waals surface area contributed by atoms with E-state index in [1.54, 1.807) is 4.90 Å². The van der Waals surface area contributed by atoms with Crippen molar-refractivity contribution in [2.75, 3.05) is 19.6 Å². The molecule has 0 saturated heterocycles. The Bertz CT molecular complexity index is 784. The van der Waals surface area contributed by atoms with E-state index < -0.39 is 17.5 Å². The van der Waals surface area contributed by atoms with Gasteiger partial charge < -0.3 is 16.0 Å². The van der Waals surface area contributed by atoms with Crippen LogP contribution < -0.4 is 11.1 Å². The molecule has 0 radical (unpaired) electrons. The van der Waals surface area contributed by atoms with Crippen LogP contribution in [0.25, 0.3) is 0 Å². The number of hydrogen-bond acceptors (Lipinski definition) is 3. The molecule has 0 atom stereocenters. The Balaban J connectivity index is 1.82. The summed E-state index contributed by atoms with van der Waals surface area (Å²) in [6.07, 6.45) is 1.38. The van der Waals surface area contributed by atoms with Crippen LogP contribution in [0.15, 0.2) is 48.5 Å². The highest BCUT2D eigenvalue weighted by Crippen LogP contribution is 2.10. The van der Waals surface area contributed by atoms with Crippen LogP contribution in [-0.2, 0) is 11.3 Å². The Hall–Kier alpha value is -2.80. The average molecular weight is 389 g/mol. The lowest BCUT2D eigenvalue weighted by Crippen LogP contribution is -2.33. The molecule has 2 aromatic carbocycles. The van der Waals surface area contributed by atoms with Gasteiger partial charge in [-0.15, -0.1) is 0 Å². The second-order valence-electron chi connectivity index (χ2n) is 6.43. The van der Waals surface area contributed by atoms with Crippen molar-refractivity contribution in [1.29, 1.82) is 0 Å². The number of carbonyl (C=O) groups excluding carboxylic acids is 2. The van der Waals surface area contributed by atoms with Gasteiger partial charge in [-0.1, -0.05) is 30.3 Å². The fourth-order valence-electron chi connectivity index (χ4n) is 2.75. The number of nitrogens with one attached hydrogen (secondary N) is 1. The molecular weight excluding hydrogens is 364 g/mol. The third-order valence-corrected chi connectivity index (χ3v) is 4.23. The molecule has 0 spiro atoms. The van der Waals surface area contributed by atoms with Crippen LogP contribution in [0.1, 0.15) is 35.2 Å². The van der Waals surface area contributed by atoms with Crippen LogP contribution in [-0.4, -0.2) is 36.3 Å². The number of nitrogens with two attached hydrogens (primary N) is 1. The van der Waals surface area contributed by atoms with Crippen LogP contribution in [0.3, 0.4) is 0 Å².